The van der Waals surface area contributed by atoms with Crippen LogP contribution in [-0.4, -0.2) is 6.04 Å². The highest BCUT2D eigenvalue weighted by molar-refractivity contribution is 5.68. The molecular formula is C11H15N3. The number of nitriles is 1. The summed E-state index contributed by atoms with van der Waals surface area (Å²) in [5.74, 6) is 0. The Kier molecular flexibility index (Phi) is 3.35. The lowest BCUT2D eigenvalue weighted by molar-refractivity contribution is 0.764. The van der Waals surface area contributed by atoms with Crippen molar-refractivity contribution in [2.75, 3.05) is 11.1 Å². The van der Waals surface area contributed by atoms with Gasteiger partial charge in [0.15, 0.2) is 0 Å². The van der Waals surface area contributed by atoms with Crippen LogP contribution in [0.25, 0.3) is 0 Å². The molecule has 0 aliphatic rings. The Bertz CT molecular complexity index is 352. The highest BCUT2D eigenvalue weighted by atomic mass is 14.9. The molecule has 0 heterocycles. The Labute approximate surface area is 84.5 Å². The minimum atomic E-state index is 0.394. The van der Waals surface area contributed by atoms with Crippen LogP contribution >= 0.6 is 0 Å². The zero-order chi connectivity index (χ0) is 10.6. The fourth-order valence-electron chi connectivity index (χ4n) is 1.13. The molecule has 0 saturated heterocycles. The average molecular weight is 189 g/mol. The van der Waals surface area contributed by atoms with E-state index < -0.39 is 0 Å². The van der Waals surface area contributed by atoms with E-state index in [0.717, 1.165) is 12.1 Å². The highest BCUT2D eigenvalue weighted by Gasteiger charge is 2.03. The molecule has 1 unspecified atom stereocenters. The van der Waals surface area contributed by atoms with E-state index in [-0.39, 0.29) is 0 Å². The normalized spacial score (nSPS) is 11.8. The van der Waals surface area contributed by atoms with Gasteiger partial charge in [-0.1, -0.05) is 6.92 Å². The largest absolute Gasteiger partial charge is 0.397 e. The molecule has 0 saturated carbocycles. The van der Waals surface area contributed by atoms with Gasteiger partial charge in [-0.3, -0.25) is 0 Å². The van der Waals surface area contributed by atoms with Crippen molar-refractivity contribution in [3.8, 4) is 6.07 Å². The number of nitrogens with zero attached hydrogens (tertiary/aromatic N) is 1. The fraction of sp³-hybridized carbons (Fsp3) is 0.364. The van der Waals surface area contributed by atoms with Crippen molar-refractivity contribution in [3.63, 3.8) is 0 Å². The summed E-state index contributed by atoms with van der Waals surface area (Å²) >= 11 is 0. The quantitative estimate of drug-likeness (QED) is 0.717. The number of rotatable bonds is 3. The first-order chi connectivity index (χ1) is 6.67. The molecule has 1 rings (SSSR count). The van der Waals surface area contributed by atoms with Crippen molar-refractivity contribution in [3.05, 3.63) is 23.8 Å². The zero-order valence-electron chi connectivity index (χ0n) is 8.54. The third kappa shape index (κ3) is 2.40. The molecule has 14 heavy (non-hydrogen) atoms. The maximum absolute atomic E-state index is 8.66. The molecule has 0 aliphatic heterocycles. The van der Waals surface area contributed by atoms with E-state index in [2.05, 4.69) is 25.2 Å². The Balaban J connectivity index is 2.85. The molecule has 3 nitrogen and oxygen atoms in total. The third-order valence-electron chi connectivity index (χ3n) is 2.19. The van der Waals surface area contributed by atoms with Crippen LogP contribution < -0.4 is 11.1 Å². The molecule has 0 aromatic heterocycles. The number of nitrogens with one attached hydrogen (secondary N) is 1. The van der Waals surface area contributed by atoms with Crippen LogP contribution in [0.4, 0.5) is 11.4 Å². The molecule has 1 aromatic rings. The van der Waals surface area contributed by atoms with E-state index in [1.165, 1.54) is 0 Å². The van der Waals surface area contributed by atoms with Crippen LogP contribution in [-0.2, 0) is 0 Å². The second-order valence-corrected chi connectivity index (χ2v) is 3.37. The lowest BCUT2D eigenvalue weighted by Gasteiger charge is -2.14. The molecule has 0 aliphatic carbocycles. The third-order valence-corrected chi connectivity index (χ3v) is 2.19. The molecule has 0 bridgehead atoms. The van der Waals surface area contributed by atoms with Crippen molar-refractivity contribution in [2.24, 2.45) is 0 Å². The SMILES string of the molecule is CCC(C)Nc1ccc(C#N)cc1N. The van der Waals surface area contributed by atoms with Crippen molar-refractivity contribution in [2.45, 2.75) is 26.3 Å². The standard InChI is InChI=1S/C11H15N3/c1-3-8(2)14-11-5-4-9(7-12)6-10(11)13/h4-6,8,14H,3,13H2,1-2H3. The van der Waals surface area contributed by atoms with Crippen LogP contribution in [0.5, 0.6) is 0 Å². The first-order valence-corrected chi connectivity index (χ1v) is 4.73. The number of anilines is 2. The van der Waals surface area contributed by atoms with Crippen LogP contribution in [0.1, 0.15) is 25.8 Å². The summed E-state index contributed by atoms with van der Waals surface area (Å²) in [5, 5.41) is 11.9. The maximum Gasteiger partial charge on any atom is 0.0992 e. The van der Waals surface area contributed by atoms with Gasteiger partial charge in [-0.05, 0) is 31.5 Å². The summed E-state index contributed by atoms with van der Waals surface area (Å²) in [6, 6.07) is 7.75. The summed E-state index contributed by atoms with van der Waals surface area (Å²) in [4.78, 5) is 0. The Morgan fingerprint density at radius 3 is 2.79 bits per heavy atom. The monoisotopic (exact) mass is 189 g/mol. The van der Waals surface area contributed by atoms with Gasteiger partial charge in [0.1, 0.15) is 0 Å². The smallest absolute Gasteiger partial charge is 0.0992 e. The predicted octanol–water partition coefficient (Wildman–Crippen LogP) is 2.35. The van der Waals surface area contributed by atoms with Gasteiger partial charge in [-0.25, -0.2) is 0 Å². The molecule has 0 amide bonds. The van der Waals surface area contributed by atoms with E-state index in [1.807, 2.05) is 6.07 Å². The molecule has 0 radical (unpaired) electrons. The second kappa shape index (κ2) is 4.52. The highest BCUT2D eigenvalue weighted by Crippen LogP contribution is 2.20. The molecule has 3 N–H and O–H groups in total. The molecule has 0 fully saturated rings. The van der Waals surface area contributed by atoms with Crippen molar-refractivity contribution in [1.82, 2.24) is 0 Å². The topological polar surface area (TPSA) is 61.8 Å². The molecule has 1 aromatic carbocycles. The minimum absolute atomic E-state index is 0.394. The van der Waals surface area contributed by atoms with Gasteiger partial charge < -0.3 is 11.1 Å². The summed E-state index contributed by atoms with van der Waals surface area (Å²) in [7, 11) is 0. The van der Waals surface area contributed by atoms with Crippen LogP contribution in [0.15, 0.2) is 18.2 Å². The number of nitrogen functional groups attached to an aromatic ring is 1. The molecule has 3 heteroatoms. The van der Waals surface area contributed by atoms with Gasteiger partial charge >= 0.3 is 0 Å². The average Bonchev–Trinajstić information content (AvgIpc) is 2.20. The number of benzene rings is 1. The molecular weight excluding hydrogens is 174 g/mol. The molecule has 74 valence electrons. The lowest BCUT2D eigenvalue weighted by atomic mass is 10.1. The number of hydrogen-bond donors (Lipinski definition) is 2. The van der Waals surface area contributed by atoms with Gasteiger partial charge in [0.2, 0.25) is 0 Å². The van der Waals surface area contributed by atoms with E-state index in [0.29, 0.717) is 17.3 Å². The Morgan fingerprint density at radius 1 is 1.57 bits per heavy atom. The van der Waals surface area contributed by atoms with E-state index in [4.69, 9.17) is 11.0 Å². The summed E-state index contributed by atoms with van der Waals surface area (Å²) in [6.45, 7) is 4.20. The van der Waals surface area contributed by atoms with Gasteiger partial charge in [-0.15, -0.1) is 0 Å². The summed E-state index contributed by atoms with van der Waals surface area (Å²) < 4.78 is 0. The lowest BCUT2D eigenvalue weighted by Crippen LogP contribution is -2.14. The van der Waals surface area contributed by atoms with Gasteiger partial charge in [0.25, 0.3) is 0 Å². The number of nitrogens with two attached hydrogens (primary N) is 1. The van der Waals surface area contributed by atoms with Gasteiger partial charge in [0.05, 0.1) is 23.0 Å². The summed E-state index contributed by atoms with van der Waals surface area (Å²) in [6.07, 6.45) is 1.04. The van der Waals surface area contributed by atoms with Crippen LogP contribution in [0.3, 0.4) is 0 Å². The fourth-order valence-corrected chi connectivity index (χ4v) is 1.13. The first-order valence-electron chi connectivity index (χ1n) is 4.73. The van der Waals surface area contributed by atoms with Crippen molar-refractivity contribution < 1.29 is 0 Å². The zero-order valence-corrected chi connectivity index (χ0v) is 8.54. The van der Waals surface area contributed by atoms with Crippen LogP contribution in [0, 0.1) is 11.3 Å². The molecule has 1 atom stereocenters. The Hall–Kier alpha value is -1.69. The second-order valence-electron chi connectivity index (χ2n) is 3.37. The predicted molar refractivity (Wildman–Crippen MR) is 58.9 cm³/mol. The van der Waals surface area contributed by atoms with Gasteiger partial charge in [0, 0.05) is 6.04 Å². The molecule has 0 spiro atoms. The van der Waals surface area contributed by atoms with E-state index >= 15 is 0 Å². The van der Waals surface area contributed by atoms with Crippen molar-refractivity contribution in [1.29, 1.82) is 5.26 Å². The number of hydrogen-bond acceptors (Lipinski definition) is 3. The maximum atomic E-state index is 8.66. The van der Waals surface area contributed by atoms with Crippen molar-refractivity contribution >= 4 is 11.4 Å². The summed E-state index contributed by atoms with van der Waals surface area (Å²) in [5.41, 5.74) is 7.91. The van der Waals surface area contributed by atoms with Crippen LogP contribution in [0.2, 0.25) is 0 Å². The van der Waals surface area contributed by atoms with Gasteiger partial charge in [-0.2, -0.15) is 5.26 Å². The first kappa shape index (κ1) is 10.4. The minimum Gasteiger partial charge on any atom is -0.397 e. The van der Waals surface area contributed by atoms with E-state index in [1.54, 1.807) is 12.1 Å². The van der Waals surface area contributed by atoms with E-state index in [9.17, 15) is 0 Å². The Morgan fingerprint density at radius 2 is 2.29 bits per heavy atom.